The van der Waals surface area contributed by atoms with Crippen molar-refractivity contribution in [1.29, 1.82) is 0 Å². The van der Waals surface area contributed by atoms with E-state index in [1.807, 2.05) is 12.1 Å². The van der Waals surface area contributed by atoms with Gasteiger partial charge in [0.1, 0.15) is 11.5 Å². The molecule has 0 radical (unpaired) electrons. The summed E-state index contributed by atoms with van der Waals surface area (Å²) in [6.45, 7) is 0. The normalized spacial score (nSPS) is 17.2. The van der Waals surface area contributed by atoms with Crippen LogP contribution in [-0.4, -0.2) is 12.9 Å². The van der Waals surface area contributed by atoms with Crippen LogP contribution >= 0.6 is 0 Å². The van der Waals surface area contributed by atoms with Crippen LogP contribution in [0.5, 0.6) is 5.75 Å². The summed E-state index contributed by atoms with van der Waals surface area (Å²) in [5.41, 5.74) is 1.23. The van der Waals surface area contributed by atoms with Crippen LogP contribution in [-0.2, 0) is 11.2 Å². The van der Waals surface area contributed by atoms with Crippen molar-refractivity contribution in [3.05, 3.63) is 29.8 Å². The number of hydrogen-bond donors (Lipinski definition) is 0. The fourth-order valence-electron chi connectivity index (χ4n) is 3.04. The van der Waals surface area contributed by atoms with E-state index >= 15 is 0 Å². The van der Waals surface area contributed by atoms with Crippen molar-refractivity contribution in [2.24, 2.45) is 5.92 Å². The van der Waals surface area contributed by atoms with Gasteiger partial charge < -0.3 is 4.74 Å². The van der Waals surface area contributed by atoms with Gasteiger partial charge in [0.25, 0.3) is 0 Å². The lowest BCUT2D eigenvalue weighted by Crippen LogP contribution is -2.16. The molecule has 1 aliphatic rings. The number of ether oxygens (including phenoxy) is 1. The van der Waals surface area contributed by atoms with E-state index in [2.05, 4.69) is 12.1 Å². The van der Waals surface area contributed by atoms with Crippen LogP contribution in [0.4, 0.5) is 0 Å². The zero-order valence-electron chi connectivity index (χ0n) is 12.6. The summed E-state index contributed by atoms with van der Waals surface area (Å²) in [5.74, 6) is 1.68. The maximum Gasteiger partial charge on any atom is 0.136 e. The third kappa shape index (κ3) is 4.66. The minimum absolute atomic E-state index is 0.327. The number of Topliss-reactive ketones (excluding diaryl/α,β-unsaturated/α-hetero) is 1. The monoisotopic (exact) mass is 274 g/mol. The lowest BCUT2D eigenvalue weighted by molar-refractivity contribution is -0.123. The quantitative estimate of drug-likeness (QED) is 0.787. The second kappa shape index (κ2) is 8.08. The van der Waals surface area contributed by atoms with Crippen LogP contribution in [0.25, 0.3) is 0 Å². The van der Waals surface area contributed by atoms with E-state index in [0.29, 0.717) is 18.1 Å². The maximum absolute atomic E-state index is 12.3. The lowest BCUT2D eigenvalue weighted by atomic mass is 9.86. The van der Waals surface area contributed by atoms with Gasteiger partial charge in [0.2, 0.25) is 0 Å². The molecule has 0 N–H and O–H groups in total. The molecule has 0 saturated heterocycles. The minimum Gasteiger partial charge on any atom is -0.497 e. The molecule has 0 amide bonds. The molecule has 1 aromatic carbocycles. The summed E-state index contributed by atoms with van der Waals surface area (Å²) < 4.78 is 5.15. The summed E-state index contributed by atoms with van der Waals surface area (Å²) in [7, 11) is 1.67. The molecular formula is C18H26O2. The number of carbonyl (C=O) groups excluding carboxylic acids is 1. The van der Waals surface area contributed by atoms with E-state index in [0.717, 1.165) is 25.0 Å². The van der Waals surface area contributed by atoms with E-state index in [9.17, 15) is 4.79 Å². The van der Waals surface area contributed by atoms with Crippen molar-refractivity contribution in [2.45, 2.75) is 57.8 Å². The maximum atomic E-state index is 12.3. The molecule has 0 heterocycles. The topological polar surface area (TPSA) is 26.3 Å². The largest absolute Gasteiger partial charge is 0.497 e. The van der Waals surface area contributed by atoms with E-state index in [1.54, 1.807) is 7.11 Å². The molecule has 1 aliphatic carbocycles. The second-order valence-corrected chi connectivity index (χ2v) is 5.86. The lowest BCUT2D eigenvalue weighted by Gasteiger charge is -2.18. The Balaban J connectivity index is 1.80. The average molecular weight is 274 g/mol. The highest BCUT2D eigenvalue weighted by molar-refractivity contribution is 5.81. The molecule has 0 aromatic heterocycles. The van der Waals surface area contributed by atoms with E-state index < -0.39 is 0 Å². The van der Waals surface area contributed by atoms with Gasteiger partial charge in [-0.25, -0.2) is 0 Å². The van der Waals surface area contributed by atoms with Crippen LogP contribution in [0.1, 0.15) is 56.9 Å². The molecule has 1 saturated carbocycles. The number of rotatable bonds is 5. The van der Waals surface area contributed by atoms with Crippen molar-refractivity contribution in [3.8, 4) is 5.75 Å². The molecule has 0 unspecified atom stereocenters. The van der Waals surface area contributed by atoms with E-state index in [1.165, 1.54) is 37.7 Å². The Hall–Kier alpha value is -1.31. The Morgan fingerprint density at radius 3 is 2.25 bits per heavy atom. The standard InChI is InChI=1S/C18H26O2/c1-20-17-12-9-15(10-13-17)11-14-18(19)16-7-5-3-2-4-6-8-16/h9-10,12-13,16H,2-8,11,14H2,1H3. The predicted octanol–water partition coefficient (Wildman–Crippen LogP) is 4.56. The van der Waals surface area contributed by atoms with Gasteiger partial charge in [-0.2, -0.15) is 0 Å². The van der Waals surface area contributed by atoms with Gasteiger partial charge in [-0.05, 0) is 37.0 Å². The van der Waals surface area contributed by atoms with E-state index in [-0.39, 0.29) is 0 Å². The summed E-state index contributed by atoms with van der Waals surface area (Å²) in [5, 5.41) is 0. The smallest absolute Gasteiger partial charge is 0.136 e. The third-order valence-electron chi connectivity index (χ3n) is 4.38. The van der Waals surface area contributed by atoms with Crippen molar-refractivity contribution < 1.29 is 9.53 Å². The molecule has 1 fully saturated rings. The van der Waals surface area contributed by atoms with Gasteiger partial charge in [0, 0.05) is 12.3 Å². The molecule has 2 heteroatoms. The Morgan fingerprint density at radius 2 is 1.65 bits per heavy atom. The predicted molar refractivity (Wildman–Crippen MR) is 82.1 cm³/mol. The first-order valence-corrected chi connectivity index (χ1v) is 7.95. The molecule has 110 valence electrons. The van der Waals surface area contributed by atoms with Gasteiger partial charge in [-0.15, -0.1) is 0 Å². The average Bonchev–Trinajstić information content (AvgIpc) is 2.45. The number of hydrogen-bond acceptors (Lipinski definition) is 2. The van der Waals surface area contributed by atoms with Gasteiger partial charge in [0.05, 0.1) is 7.11 Å². The SMILES string of the molecule is COc1ccc(CCC(=O)C2CCCCCCC2)cc1. The van der Waals surface area contributed by atoms with Gasteiger partial charge >= 0.3 is 0 Å². The first-order chi connectivity index (χ1) is 9.79. The molecular weight excluding hydrogens is 248 g/mol. The first-order valence-electron chi connectivity index (χ1n) is 7.95. The minimum atomic E-state index is 0.327. The molecule has 0 spiro atoms. The van der Waals surface area contributed by atoms with Crippen molar-refractivity contribution >= 4 is 5.78 Å². The molecule has 1 aromatic rings. The summed E-state index contributed by atoms with van der Waals surface area (Å²) in [6, 6.07) is 8.06. The Kier molecular flexibility index (Phi) is 6.10. The third-order valence-corrected chi connectivity index (χ3v) is 4.38. The van der Waals surface area contributed by atoms with Crippen LogP contribution in [0, 0.1) is 5.92 Å². The summed E-state index contributed by atoms with van der Waals surface area (Å²) in [6.07, 6.45) is 10.2. The van der Waals surface area contributed by atoms with Crippen molar-refractivity contribution in [2.75, 3.05) is 7.11 Å². The highest BCUT2D eigenvalue weighted by atomic mass is 16.5. The highest BCUT2D eigenvalue weighted by Gasteiger charge is 2.18. The number of aryl methyl sites for hydroxylation is 1. The first kappa shape index (κ1) is 15.1. The molecule has 0 bridgehead atoms. The molecule has 20 heavy (non-hydrogen) atoms. The van der Waals surface area contributed by atoms with Gasteiger partial charge in [-0.3, -0.25) is 4.79 Å². The molecule has 0 aliphatic heterocycles. The number of methoxy groups -OCH3 is 1. The van der Waals surface area contributed by atoms with E-state index in [4.69, 9.17) is 4.74 Å². The number of benzene rings is 1. The van der Waals surface area contributed by atoms with Gasteiger partial charge in [-0.1, -0.05) is 44.2 Å². The van der Waals surface area contributed by atoms with Crippen LogP contribution in [0.3, 0.4) is 0 Å². The Morgan fingerprint density at radius 1 is 1.05 bits per heavy atom. The summed E-state index contributed by atoms with van der Waals surface area (Å²) in [4.78, 5) is 12.3. The van der Waals surface area contributed by atoms with Crippen molar-refractivity contribution in [3.63, 3.8) is 0 Å². The van der Waals surface area contributed by atoms with Crippen molar-refractivity contribution in [1.82, 2.24) is 0 Å². The molecule has 0 atom stereocenters. The number of carbonyl (C=O) groups is 1. The zero-order chi connectivity index (χ0) is 14.2. The summed E-state index contributed by atoms with van der Waals surface area (Å²) >= 11 is 0. The zero-order valence-corrected chi connectivity index (χ0v) is 12.6. The molecule has 2 nitrogen and oxygen atoms in total. The highest BCUT2D eigenvalue weighted by Crippen LogP contribution is 2.24. The fraction of sp³-hybridized carbons (Fsp3) is 0.611. The second-order valence-electron chi connectivity index (χ2n) is 5.86. The Labute approximate surface area is 122 Å². The molecule has 2 rings (SSSR count). The van der Waals surface area contributed by atoms with Crippen LogP contribution in [0.15, 0.2) is 24.3 Å². The fourth-order valence-corrected chi connectivity index (χ4v) is 3.04. The number of ketones is 1. The Bertz CT molecular complexity index is 400. The van der Waals surface area contributed by atoms with Gasteiger partial charge in [0.15, 0.2) is 0 Å². The van der Waals surface area contributed by atoms with Crippen LogP contribution < -0.4 is 4.74 Å². The van der Waals surface area contributed by atoms with Crippen LogP contribution in [0.2, 0.25) is 0 Å².